The highest BCUT2D eigenvalue weighted by molar-refractivity contribution is 6.33. The molecular formula is C21H17ClFNO2. The third-order valence-electron chi connectivity index (χ3n) is 4.47. The Bertz CT molecular complexity index is 931. The van der Waals surface area contributed by atoms with Gasteiger partial charge in [-0.2, -0.15) is 0 Å². The largest absolute Gasteiger partial charge is 0.451 e. The van der Waals surface area contributed by atoms with Crippen molar-refractivity contribution in [3.63, 3.8) is 0 Å². The van der Waals surface area contributed by atoms with Crippen molar-refractivity contribution in [2.45, 2.75) is 25.4 Å². The molecule has 1 saturated carbocycles. The van der Waals surface area contributed by atoms with Crippen LogP contribution in [0.4, 0.5) is 4.39 Å². The zero-order chi connectivity index (χ0) is 18.1. The molecule has 1 heterocycles. The molecule has 4 rings (SSSR count). The molecule has 1 aliphatic rings. The first-order valence-electron chi connectivity index (χ1n) is 8.52. The number of carbonyl (C=O) groups excluding carboxylic acids is 1. The van der Waals surface area contributed by atoms with E-state index >= 15 is 0 Å². The average Bonchev–Trinajstić information content (AvgIpc) is 3.37. The summed E-state index contributed by atoms with van der Waals surface area (Å²) in [7, 11) is 0. The Morgan fingerprint density at radius 3 is 2.50 bits per heavy atom. The molecule has 3 nitrogen and oxygen atoms in total. The van der Waals surface area contributed by atoms with Crippen LogP contribution in [-0.2, 0) is 6.54 Å². The monoisotopic (exact) mass is 369 g/mol. The molecule has 1 aromatic heterocycles. The molecule has 5 heteroatoms. The minimum Gasteiger partial charge on any atom is -0.451 e. The van der Waals surface area contributed by atoms with Crippen LogP contribution in [0.25, 0.3) is 11.3 Å². The van der Waals surface area contributed by atoms with Crippen LogP contribution in [0.1, 0.15) is 29.0 Å². The van der Waals surface area contributed by atoms with Crippen molar-refractivity contribution in [3.8, 4) is 11.3 Å². The number of rotatable bonds is 5. The van der Waals surface area contributed by atoms with E-state index in [9.17, 15) is 9.18 Å². The van der Waals surface area contributed by atoms with Crippen LogP contribution >= 0.6 is 11.6 Å². The maximum absolute atomic E-state index is 13.1. The van der Waals surface area contributed by atoms with Crippen LogP contribution in [-0.4, -0.2) is 16.8 Å². The Morgan fingerprint density at radius 1 is 1.08 bits per heavy atom. The molecule has 1 fully saturated rings. The number of halogens is 2. The van der Waals surface area contributed by atoms with E-state index in [2.05, 4.69) is 0 Å². The first-order chi connectivity index (χ1) is 12.6. The molecule has 0 N–H and O–H groups in total. The van der Waals surface area contributed by atoms with Gasteiger partial charge < -0.3 is 9.32 Å². The molecule has 0 bridgehead atoms. The average molecular weight is 370 g/mol. The Kier molecular flexibility index (Phi) is 4.51. The Hall–Kier alpha value is -2.59. The van der Waals surface area contributed by atoms with Gasteiger partial charge in [-0.1, -0.05) is 35.9 Å². The molecule has 3 aromatic rings. The van der Waals surface area contributed by atoms with Crippen LogP contribution in [0, 0.1) is 5.82 Å². The lowest BCUT2D eigenvalue weighted by Gasteiger charge is -2.21. The van der Waals surface area contributed by atoms with E-state index < -0.39 is 0 Å². The van der Waals surface area contributed by atoms with Gasteiger partial charge in [-0.05, 0) is 54.8 Å². The van der Waals surface area contributed by atoms with Crippen molar-refractivity contribution < 1.29 is 13.6 Å². The second kappa shape index (κ2) is 6.96. The van der Waals surface area contributed by atoms with Gasteiger partial charge in [0, 0.05) is 18.2 Å². The van der Waals surface area contributed by atoms with E-state index in [1.54, 1.807) is 35.2 Å². The summed E-state index contributed by atoms with van der Waals surface area (Å²) in [6.07, 6.45) is 1.95. The van der Waals surface area contributed by atoms with Crippen molar-refractivity contribution in [2.75, 3.05) is 0 Å². The summed E-state index contributed by atoms with van der Waals surface area (Å²) in [5.74, 6) is 0.411. The Balaban J connectivity index is 1.57. The van der Waals surface area contributed by atoms with Crippen LogP contribution < -0.4 is 0 Å². The molecule has 26 heavy (non-hydrogen) atoms. The van der Waals surface area contributed by atoms with E-state index in [0.29, 0.717) is 17.3 Å². The first kappa shape index (κ1) is 16.9. The van der Waals surface area contributed by atoms with Gasteiger partial charge in [0.05, 0.1) is 5.02 Å². The molecule has 2 aromatic carbocycles. The number of amides is 1. The molecule has 1 aliphatic carbocycles. The quantitative estimate of drug-likeness (QED) is 0.591. The maximum Gasteiger partial charge on any atom is 0.290 e. The zero-order valence-electron chi connectivity index (χ0n) is 14.0. The molecule has 0 aliphatic heterocycles. The van der Waals surface area contributed by atoms with Crippen molar-refractivity contribution in [3.05, 3.63) is 82.8 Å². The zero-order valence-corrected chi connectivity index (χ0v) is 14.7. The molecule has 0 atom stereocenters. The summed E-state index contributed by atoms with van der Waals surface area (Å²) in [5.41, 5.74) is 1.65. The molecule has 1 amide bonds. The number of benzene rings is 2. The van der Waals surface area contributed by atoms with Gasteiger partial charge in [-0.25, -0.2) is 4.39 Å². The third-order valence-corrected chi connectivity index (χ3v) is 4.80. The summed E-state index contributed by atoms with van der Waals surface area (Å²) in [6.45, 7) is 0.436. The van der Waals surface area contributed by atoms with Gasteiger partial charge in [0.1, 0.15) is 11.6 Å². The van der Waals surface area contributed by atoms with Gasteiger partial charge in [0.25, 0.3) is 5.91 Å². The van der Waals surface area contributed by atoms with Crippen molar-refractivity contribution in [2.24, 2.45) is 0 Å². The van der Waals surface area contributed by atoms with Crippen LogP contribution in [0.5, 0.6) is 0 Å². The summed E-state index contributed by atoms with van der Waals surface area (Å²) >= 11 is 6.20. The maximum atomic E-state index is 13.1. The van der Waals surface area contributed by atoms with Gasteiger partial charge in [0.15, 0.2) is 5.76 Å². The molecular weight excluding hydrogens is 353 g/mol. The van der Waals surface area contributed by atoms with Crippen LogP contribution in [0.2, 0.25) is 5.02 Å². The molecule has 132 valence electrons. The fraction of sp³-hybridized carbons (Fsp3) is 0.190. The second-order valence-electron chi connectivity index (χ2n) is 6.43. The fourth-order valence-corrected chi connectivity index (χ4v) is 3.17. The van der Waals surface area contributed by atoms with Gasteiger partial charge in [0.2, 0.25) is 0 Å². The predicted molar refractivity (Wildman–Crippen MR) is 98.4 cm³/mol. The lowest BCUT2D eigenvalue weighted by atomic mass is 10.2. The number of nitrogens with zero attached hydrogens (tertiary/aromatic N) is 1. The highest BCUT2D eigenvalue weighted by atomic mass is 35.5. The molecule has 0 spiro atoms. The summed E-state index contributed by atoms with van der Waals surface area (Å²) in [4.78, 5) is 14.7. The van der Waals surface area contributed by atoms with E-state index in [1.165, 1.54) is 12.1 Å². The van der Waals surface area contributed by atoms with E-state index in [-0.39, 0.29) is 23.5 Å². The second-order valence-corrected chi connectivity index (χ2v) is 6.84. The minimum atomic E-state index is -0.284. The number of carbonyl (C=O) groups is 1. The van der Waals surface area contributed by atoms with Gasteiger partial charge >= 0.3 is 0 Å². The lowest BCUT2D eigenvalue weighted by molar-refractivity contribution is 0.0698. The molecule has 0 saturated heterocycles. The van der Waals surface area contributed by atoms with Gasteiger partial charge in [-0.3, -0.25) is 4.79 Å². The number of hydrogen-bond donors (Lipinski definition) is 0. The van der Waals surface area contributed by atoms with Gasteiger partial charge in [-0.15, -0.1) is 0 Å². The Labute approximate surface area is 156 Å². The number of furan rings is 1. The normalized spacial score (nSPS) is 13.6. The topological polar surface area (TPSA) is 33.5 Å². The number of hydrogen-bond acceptors (Lipinski definition) is 2. The van der Waals surface area contributed by atoms with Crippen molar-refractivity contribution in [1.82, 2.24) is 4.90 Å². The highest BCUT2D eigenvalue weighted by Gasteiger charge is 2.34. The molecule has 0 radical (unpaired) electrons. The van der Waals surface area contributed by atoms with E-state index in [0.717, 1.165) is 24.0 Å². The summed E-state index contributed by atoms with van der Waals surface area (Å²) < 4.78 is 18.9. The fourth-order valence-electron chi connectivity index (χ4n) is 2.94. The van der Waals surface area contributed by atoms with Crippen molar-refractivity contribution >= 4 is 17.5 Å². The van der Waals surface area contributed by atoms with Crippen LogP contribution in [0.3, 0.4) is 0 Å². The molecule has 0 unspecified atom stereocenters. The lowest BCUT2D eigenvalue weighted by Crippen LogP contribution is -2.32. The first-order valence-corrected chi connectivity index (χ1v) is 8.90. The standard InChI is InChI=1S/C21H17ClFNO2/c22-18-4-2-1-3-17(18)19-11-12-20(26-19)21(25)24(16-9-10-16)13-14-5-7-15(23)8-6-14/h1-8,11-12,16H,9-10,13H2. The SMILES string of the molecule is O=C(c1ccc(-c2ccccc2Cl)o1)N(Cc1ccc(F)cc1)C1CC1. The van der Waals surface area contributed by atoms with E-state index in [4.69, 9.17) is 16.0 Å². The third kappa shape index (κ3) is 3.51. The predicted octanol–water partition coefficient (Wildman–Crippen LogP) is 5.54. The highest BCUT2D eigenvalue weighted by Crippen LogP contribution is 2.33. The summed E-state index contributed by atoms with van der Waals surface area (Å²) in [6, 6.07) is 17.2. The van der Waals surface area contributed by atoms with Crippen molar-refractivity contribution in [1.29, 1.82) is 0 Å². The summed E-state index contributed by atoms with van der Waals surface area (Å²) in [5, 5.41) is 0.575. The Morgan fingerprint density at radius 2 is 1.81 bits per heavy atom. The van der Waals surface area contributed by atoms with Crippen LogP contribution in [0.15, 0.2) is 65.1 Å². The smallest absolute Gasteiger partial charge is 0.290 e. The van der Waals surface area contributed by atoms with E-state index in [1.807, 2.05) is 18.2 Å². The minimum absolute atomic E-state index is 0.157.